The van der Waals surface area contributed by atoms with Crippen LogP contribution in [0.1, 0.15) is 24.4 Å². The standard InChI is InChI=1S/C14H17NO4/c1-19-14(18)12(9-5-3-2-4-6-9)15-11(13(16)17)10-7-8-10/h2-6,10-12,15H,7-8H2,1H3,(H,16,17). The van der Waals surface area contributed by atoms with Crippen molar-refractivity contribution in [1.29, 1.82) is 0 Å². The van der Waals surface area contributed by atoms with Crippen LogP contribution < -0.4 is 5.32 Å². The maximum atomic E-state index is 11.8. The molecule has 0 amide bonds. The number of aliphatic carboxylic acids is 1. The molecule has 1 aromatic carbocycles. The zero-order valence-electron chi connectivity index (χ0n) is 10.7. The minimum atomic E-state index is -0.924. The second kappa shape index (κ2) is 5.84. The van der Waals surface area contributed by atoms with E-state index < -0.39 is 24.0 Å². The average molecular weight is 263 g/mol. The second-order valence-electron chi connectivity index (χ2n) is 4.69. The summed E-state index contributed by atoms with van der Waals surface area (Å²) in [7, 11) is 1.30. The van der Waals surface area contributed by atoms with Crippen molar-refractivity contribution in [3.05, 3.63) is 35.9 Å². The lowest BCUT2D eigenvalue weighted by molar-refractivity contribution is -0.145. The van der Waals surface area contributed by atoms with Crippen LogP contribution in [0.25, 0.3) is 0 Å². The van der Waals surface area contributed by atoms with Gasteiger partial charge in [0.1, 0.15) is 12.1 Å². The van der Waals surface area contributed by atoms with Gasteiger partial charge in [-0.25, -0.2) is 4.79 Å². The van der Waals surface area contributed by atoms with Crippen molar-refractivity contribution in [2.75, 3.05) is 7.11 Å². The number of esters is 1. The Balaban J connectivity index is 2.18. The van der Waals surface area contributed by atoms with Gasteiger partial charge < -0.3 is 9.84 Å². The molecule has 1 fully saturated rings. The maximum Gasteiger partial charge on any atom is 0.327 e. The number of hydrogen-bond acceptors (Lipinski definition) is 4. The Bertz CT molecular complexity index is 456. The summed E-state index contributed by atoms with van der Waals surface area (Å²) in [4.78, 5) is 23.1. The van der Waals surface area contributed by atoms with Gasteiger partial charge in [0, 0.05) is 0 Å². The van der Waals surface area contributed by atoms with E-state index in [0.717, 1.165) is 12.8 Å². The molecule has 0 spiro atoms. The number of hydrogen-bond donors (Lipinski definition) is 2. The van der Waals surface area contributed by atoms with E-state index in [2.05, 4.69) is 5.32 Å². The van der Waals surface area contributed by atoms with Gasteiger partial charge in [0.25, 0.3) is 0 Å². The minimum Gasteiger partial charge on any atom is -0.480 e. The fourth-order valence-corrected chi connectivity index (χ4v) is 2.08. The van der Waals surface area contributed by atoms with Crippen LogP contribution in [0.5, 0.6) is 0 Å². The Kier molecular flexibility index (Phi) is 4.16. The fourth-order valence-electron chi connectivity index (χ4n) is 2.08. The molecule has 1 aliphatic carbocycles. The van der Waals surface area contributed by atoms with E-state index in [9.17, 15) is 14.7 Å². The van der Waals surface area contributed by atoms with E-state index in [1.165, 1.54) is 7.11 Å². The zero-order valence-corrected chi connectivity index (χ0v) is 10.7. The number of benzene rings is 1. The van der Waals surface area contributed by atoms with Crippen molar-refractivity contribution < 1.29 is 19.4 Å². The summed E-state index contributed by atoms with van der Waals surface area (Å²) in [5, 5.41) is 12.1. The Morgan fingerprint density at radius 2 is 1.95 bits per heavy atom. The lowest BCUT2D eigenvalue weighted by Gasteiger charge is -2.21. The second-order valence-corrected chi connectivity index (χ2v) is 4.69. The number of ether oxygens (including phenoxy) is 1. The molecule has 5 nitrogen and oxygen atoms in total. The monoisotopic (exact) mass is 263 g/mol. The summed E-state index contributed by atoms with van der Waals surface area (Å²) in [5.41, 5.74) is 0.709. The SMILES string of the molecule is COC(=O)C(NC(C(=O)O)C1CC1)c1ccccc1. The van der Waals surface area contributed by atoms with Crippen molar-refractivity contribution in [2.24, 2.45) is 5.92 Å². The molecule has 102 valence electrons. The molecular formula is C14H17NO4. The molecule has 1 aliphatic rings. The van der Waals surface area contributed by atoms with Crippen molar-refractivity contribution in [3.63, 3.8) is 0 Å². The highest BCUT2D eigenvalue weighted by Crippen LogP contribution is 2.34. The summed E-state index contributed by atoms with van der Waals surface area (Å²) >= 11 is 0. The van der Waals surface area contributed by atoms with E-state index in [1.54, 1.807) is 24.3 Å². The summed E-state index contributed by atoms with van der Waals surface area (Å²) in [6.07, 6.45) is 1.76. The topological polar surface area (TPSA) is 75.6 Å². The normalized spacial score (nSPS) is 17.5. The van der Waals surface area contributed by atoms with Gasteiger partial charge in [0.15, 0.2) is 0 Å². The van der Waals surface area contributed by atoms with E-state index in [0.29, 0.717) is 5.56 Å². The van der Waals surface area contributed by atoms with E-state index in [-0.39, 0.29) is 5.92 Å². The van der Waals surface area contributed by atoms with Gasteiger partial charge in [-0.15, -0.1) is 0 Å². The number of carbonyl (C=O) groups is 2. The first-order chi connectivity index (χ1) is 9.13. The van der Waals surface area contributed by atoms with Crippen LogP contribution in [0.4, 0.5) is 0 Å². The summed E-state index contributed by atoms with van der Waals surface area (Å²) < 4.78 is 4.75. The maximum absolute atomic E-state index is 11.8. The van der Waals surface area contributed by atoms with Gasteiger partial charge >= 0.3 is 11.9 Å². The Hall–Kier alpha value is -1.88. The molecule has 2 unspecified atom stereocenters. The van der Waals surface area contributed by atoms with Crippen molar-refractivity contribution in [2.45, 2.75) is 24.9 Å². The zero-order chi connectivity index (χ0) is 13.8. The van der Waals surface area contributed by atoms with Crippen LogP contribution in [-0.2, 0) is 14.3 Å². The average Bonchev–Trinajstić information content (AvgIpc) is 3.24. The van der Waals surface area contributed by atoms with E-state index in [1.807, 2.05) is 6.07 Å². The summed E-state index contributed by atoms with van der Waals surface area (Å²) in [6.45, 7) is 0. The van der Waals surface area contributed by atoms with Crippen LogP contribution in [0.15, 0.2) is 30.3 Å². The van der Waals surface area contributed by atoms with E-state index >= 15 is 0 Å². The first kappa shape index (κ1) is 13.5. The molecule has 0 bridgehead atoms. The van der Waals surface area contributed by atoms with Crippen LogP contribution >= 0.6 is 0 Å². The Morgan fingerprint density at radius 1 is 1.32 bits per heavy atom. The molecule has 2 N–H and O–H groups in total. The van der Waals surface area contributed by atoms with Crippen molar-refractivity contribution in [3.8, 4) is 0 Å². The molecule has 19 heavy (non-hydrogen) atoms. The first-order valence-corrected chi connectivity index (χ1v) is 6.25. The van der Waals surface area contributed by atoms with Gasteiger partial charge in [0.2, 0.25) is 0 Å². The first-order valence-electron chi connectivity index (χ1n) is 6.25. The highest BCUT2D eigenvalue weighted by Gasteiger charge is 2.39. The van der Waals surface area contributed by atoms with Gasteiger partial charge in [-0.05, 0) is 24.3 Å². The number of nitrogens with one attached hydrogen (secondary N) is 1. The number of carboxylic acid groups (broad SMARTS) is 1. The van der Waals surface area contributed by atoms with Crippen LogP contribution in [-0.4, -0.2) is 30.2 Å². The van der Waals surface area contributed by atoms with Crippen LogP contribution in [0.3, 0.4) is 0 Å². The van der Waals surface area contributed by atoms with Crippen molar-refractivity contribution >= 4 is 11.9 Å². The molecule has 0 heterocycles. The highest BCUT2D eigenvalue weighted by atomic mass is 16.5. The van der Waals surface area contributed by atoms with Gasteiger partial charge in [0.05, 0.1) is 7.11 Å². The Morgan fingerprint density at radius 3 is 2.42 bits per heavy atom. The minimum absolute atomic E-state index is 0.105. The lowest BCUT2D eigenvalue weighted by Crippen LogP contribution is -2.43. The molecule has 2 atom stereocenters. The number of carbonyl (C=O) groups excluding carboxylic acids is 1. The van der Waals surface area contributed by atoms with Gasteiger partial charge in [-0.1, -0.05) is 30.3 Å². The third kappa shape index (κ3) is 3.32. The van der Waals surface area contributed by atoms with Crippen molar-refractivity contribution in [1.82, 2.24) is 5.32 Å². The highest BCUT2D eigenvalue weighted by molar-refractivity contribution is 5.80. The smallest absolute Gasteiger partial charge is 0.327 e. The Labute approximate surface area is 111 Å². The third-order valence-electron chi connectivity index (χ3n) is 3.28. The molecule has 0 radical (unpaired) electrons. The molecular weight excluding hydrogens is 246 g/mol. The van der Waals surface area contributed by atoms with Crippen LogP contribution in [0, 0.1) is 5.92 Å². The van der Waals surface area contributed by atoms with Gasteiger partial charge in [-0.3, -0.25) is 10.1 Å². The molecule has 2 rings (SSSR count). The predicted octanol–water partition coefficient (Wildman–Crippen LogP) is 1.35. The number of methoxy groups -OCH3 is 1. The summed E-state index contributed by atoms with van der Waals surface area (Å²) in [6, 6.07) is 7.56. The largest absolute Gasteiger partial charge is 0.480 e. The number of rotatable bonds is 6. The van der Waals surface area contributed by atoms with Gasteiger partial charge in [-0.2, -0.15) is 0 Å². The predicted molar refractivity (Wildman–Crippen MR) is 68.5 cm³/mol. The molecule has 0 aromatic heterocycles. The molecule has 1 aromatic rings. The number of carboxylic acids is 1. The van der Waals surface area contributed by atoms with E-state index in [4.69, 9.17) is 4.74 Å². The quantitative estimate of drug-likeness (QED) is 0.758. The van der Waals surface area contributed by atoms with Crippen LogP contribution in [0.2, 0.25) is 0 Å². The third-order valence-corrected chi connectivity index (χ3v) is 3.28. The summed E-state index contributed by atoms with van der Waals surface area (Å²) in [5.74, 6) is -1.29. The molecule has 0 aliphatic heterocycles. The molecule has 1 saturated carbocycles. The lowest BCUT2D eigenvalue weighted by atomic mass is 10.0. The fraction of sp³-hybridized carbons (Fsp3) is 0.429. The molecule has 5 heteroatoms. The molecule has 0 saturated heterocycles.